The molecule has 0 bridgehead atoms. The van der Waals surface area contributed by atoms with Crippen LogP contribution in [-0.4, -0.2) is 11.9 Å². The molecule has 0 aliphatic heterocycles. The molecular formula is C12H15NO3. The predicted molar refractivity (Wildman–Crippen MR) is 59.7 cm³/mol. The number of nitrogens with two attached hydrogens (primary N) is 1. The van der Waals surface area contributed by atoms with Gasteiger partial charge < -0.3 is 10.5 Å². The first-order valence-corrected chi connectivity index (χ1v) is 5.22. The number of amides is 1. The van der Waals surface area contributed by atoms with Crippen LogP contribution in [0.15, 0.2) is 30.3 Å². The van der Waals surface area contributed by atoms with Crippen molar-refractivity contribution < 1.29 is 14.3 Å². The number of primary amides is 1. The summed E-state index contributed by atoms with van der Waals surface area (Å²) in [4.78, 5) is 21.8. The second-order valence-electron chi connectivity index (χ2n) is 3.46. The van der Waals surface area contributed by atoms with Crippen LogP contribution in [0.1, 0.15) is 25.7 Å². The molecule has 1 aromatic rings. The molecule has 4 heteroatoms. The molecule has 0 radical (unpaired) electrons. The highest BCUT2D eigenvalue weighted by molar-refractivity contribution is 5.74. The first kappa shape index (κ1) is 12.2. The maximum atomic E-state index is 11.3. The van der Waals surface area contributed by atoms with Crippen LogP contribution in [0, 0.1) is 0 Å². The van der Waals surface area contributed by atoms with Gasteiger partial charge >= 0.3 is 5.97 Å². The lowest BCUT2D eigenvalue weighted by molar-refractivity contribution is -0.134. The fraction of sp³-hybridized carbons (Fsp3) is 0.333. The van der Waals surface area contributed by atoms with Gasteiger partial charge in [0.1, 0.15) is 5.75 Å². The zero-order valence-corrected chi connectivity index (χ0v) is 9.02. The predicted octanol–water partition coefficient (Wildman–Crippen LogP) is 1.64. The van der Waals surface area contributed by atoms with Gasteiger partial charge in [0.15, 0.2) is 0 Å². The number of benzene rings is 1. The number of para-hydroxylation sites is 1. The summed E-state index contributed by atoms with van der Waals surface area (Å²) in [6.07, 6.45) is 1.87. The molecule has 0 aliphatic rings. The first-order chi connectivity index (χ1) is 7.68. The minimum atomic E-state index is -0.337. The molecule has 86 valence electrons. The van der Waals surface area contributed by atoms with Gasteiger partial charge in [0, 0.05) is 12.8 Å². The van der Waals surface area contributed by atoms with E-state index in [1.807, 2.05) is 6.07 Å². The van der Waals surface area contributed by atoms with Crippen molar-refractivity contribution in [3.63, 3.8) is 0 Å². The zero-order valence-electron chi connectivity index (χ0n) is 9.02. The lowest BCUT2D eigenvalue weighted by Crippen LogP contribution is -2.11. The molecular weight excluding hydrogens is 206 g/mol. The number of carbonyl (C=O) groups excluding carboxylic acids is 2. The third-order valence-corrected chi connectivity index (χ3v) is 2.03. The number of unbranched alkanes of at least 4 members (excludes halogenated alkanes) is 1. The van der Waals surface area contributed by atoms with Crippen molar-refractivity contribution in [2.24, 2.45) is 5.73 Å². The Morgan fingerprint density at radius 3 is 2.31 bits per heavy atom. The van der Waals surface area contributed by atoms with Crippen molar-refractivity contribution in [1.82, 2.24) is 0 Å². The van der Waals surface area contributed by atoms with E-state index in [0.29, 0.717) is 31.4 Å². The van der Waals surface area contributed by atoms with E-state index < -0.39 is 0 Å². The average molecular weight is 221 g/mol. The molecule has 1 aromatic carbocycles. The molecule has 0 aliphatic carbocycles. The fourth-order valence-corrected chi connectivity index (χ4v) is 1.24. The highest BCUT2D eigenvalue weighted by Gasteiger charge is 2.04. The van der Waals surface area contributed by atoms with Gasteiger partial charge in [0.25, 0.3) is 0 Å². The van der Waals surface area contributed by atoms with Crippen LogP contribution in [0.25, 0.3) is 0 Å². The van der Waals surface area contributed by atoms with Crippen molar-refractivity contribution in [2.75, 3.05) is 0 Å². The number of ether oxygens (including phenoxy) is 1. The Hall–Kier alpha value is -1.84. The minimum Gasteiger partial charge on any atom is -0.427 e. The standard InChI is InChI=1S/C12H15NO3/c13-11(14)8-4-5-9-12(15)16-10-6-2-1-3-7-10/h1-3,6-7H,4-5,8-9H2,(H2,13,14). The Kier molecular flexibility index (Phi) is 5.05. The fourth-order valence-electron chi connectivity index (χ4n) is 1.24. The second-order valence-corrected chi connectivity index (χ2v) is 3.46. The van der Waals surface area contributed by atoms with Gasteiger partial charge in [-0.3, -0.25) is 9.59 Å². The van der Waals surface area contributed by atoms with Crippen molar-refractivity contribution in [2.45, 2.75) is 25.7 Å². The van der Waals surface area contributed by atoms with Crippen LogP contribution < -0.4 is 10.5 Å². The van der Waals surface area contributed by atoms with Crippen LogP contribution in [0.3, 0.4) is 0 Å². The molecule has 2 N–H and O–H groups in total. The molecule has 0 unspecified atom stereocenters. The molecule has 0 heterocycles. The van der Waals surface area contributed by atoms with E-state index in [1.165, 1.54) is 0 Å². The molecule has 1 rings (SSSR count). The summed E-state index contributed by atoms with van der Waals surface area (Å²) in [6, 6.07) is 8.90. The molecule has 0 saturated carbocycles. The summed E-state index contributed by atoms with van der Waals surface area (Å²) >= 11 is 0. The van der Waals surface area contributed by atoms with Crippen LogP contribution in [0.2, 0.25) is 0 Å². The minimum absolute atomic E-state index is 0.282. The highest BCUT2D eigenvalue weighted by Crippen LogP contribution is 2.10. The summed E-state index contributed by atoms with van der Waals surface area (Å²) in [5.74, 6) is -0.0745. The van der Waals surface area contributed by atoms with Crippen LogP contribution in [0.4, 0.5) is 0 Å². The Balaban J connectivity index is 2.19. The van der Waals surface area contributed by atoms with Gasteiger partial charge in [-0.2, -0.15) is 0 Å². The smallest absolute Gasteiger partial charge is 0.311 e. The lowest BCUT2D eigenvalue weighted by Gasteiger charge is -2.03. The first-order valence-electron chi connectivity index (χ1n) is 5.22. The van der Waals surface area contributed by atoms with Gasteiger partial charge in [0.2, 0.25) is 5.91 Å². The monoisotopic (exact) mass is 221 g/mol. The number of esters is 1. The Morgan fingerprint density at radius 1 is 1.06 bits per heavy atom. The number of hydrogen-bond acceptors (Lipinski definition) is 3. The zero-order chi connectivity index (χ0) is 11.8. The number of hydrogen-bond donors (Lipinski definition) is 1. The van der Waals surface area contributed by atoms with E-state index in [1.54, 1.807) is 24.3 Å². The number of rotatable bonds is 6. The second kappa shape index (κ2) is 6.61. The quantitative estimate of drug-likeness (QED) is 0.451. The molecule has 16 heavy (non-hydrogen) atoms. The molecule has 1 amide bonds. The lowest BCUT2D eigenvalue weighted by atomic mass is 10.2. The largest absolute Gasteiger partial charge is 0.427 e. The van der Waals surface area contributed by atoms with Gasteiger partial charge in [0.05, 0.1) is 0 Å². The Morgan fingerprint density at radius 2 is 1.69 bits per heavy atom. The van der Waals surface area contributed by atoms with Crippen LogP contribution in [0.5, 0.6) is 5.75 Å². The van der Waals surface area contributed by atoms with E-state index in [2.05, 4.69) is 0 Å². The summed E-state index contributed by atoms with van der Waals surface area (Å²) < 4.78 is 5.07. The third kappa shape index (κ3) is 5.14. The van der Waals surface area contributed by atoms with E-state index in [4.69, 9.17) is 10.5 Å². The highest BCUT2D eigenvalue weighted by atomic mass is 16.5. The van der Waals surface area contributed by atoms with E-state index in [9.17, 15) is 9.59 Å². The van der Waals surface area contributed by atoms with Gasteiger partial charge in [-0.25, -0.2) is 0 Å². The van der Waals surface area contributed by atoms with Gasteiger partial charge in [-0.15, -0.1) is 0 Å². The maximum absolute atomic E-state index is 11.3. The summed E-state index contributed by atoms with van der Waals surface area (Å²) in [7, 11) is 0. The average Bonchev–Trinajstić information content (AvgIpc) is 2.25. The van der Waals surface area contributed by atoms with Crippen molar-refractivity contribution >= 4 is 11.9 Å². The molecule has 0 fully saturated rings. The van der Waals surface area contributed by atoms with Crippen molar-refractivity contribution in [1.29, 1.82) is 0 Å². The normalized spacial score (nSPS) is 9.75. The molecule has 0 saturated heterocycles. The van der Waals surface area contributed by atoms with Gasteiger partial charge in [-0.05, 0) is 25.0 Å². The van der Waals surface area contributed by atoms with Crippen molar-refractivity contribution in [3.8, 4) is 5.75 Å². The molecule has 4 nitrogen and oxygen atoms in total. The summed E-state index contributed by atoms with van der Waals surface area (Å²) in [5, 5.41) is 0. The van der Waals surface area contributed by atoms with E-state index in [0.717, 1.165) is 0 Å². The Labute approximate surface area is 94.4 Å². The number of carbonyl (C=O) groups is 2. The summed E-state index contributed by atoms with van der Waals surface area (Å²) in [5.41, 5.74) is 4.98. The van der Waals surface area contributed by atoms with Gasteiger partial charge in [-0.1, -0.05) is 18.2 Å². The molecule has 0 atom stereocenters. The van der Waals surface area contributed by atoms with Crippen LogP contribution >= 0.6 is 0 Å². The summed E-state index contributed by atoms with van der Waals surface area (Å²) in [6.45, 7) is 0. The maximum Gasteiger partial charge on any atom is 0.311 e. The van der Waals surface area contributed by atoms with Crippen LogP contribution in [-0.2, 0) is 9.59 Å². The topological polar surface area (TPSA) is 69.4 Å². The third-order valence-electron chi connectivity index (χ3n) is 2.03. The Bertz CT molecular complexity index is 349. The van der Waals surface area contributed by atoms with E-state index >= 15 is 0 Å². The van der Waals surface area contributed by atoms with Crippen molar-refractivity contribution in [3.05, 3.63) is 30.3 Å². The SMILES string of the molecule is NC(=O)CCCCC(=O)Oc1ccccc1. The molecule has 0 aromatic heterocycles. The van der Waals surface area contributed by atoms with E-state index in [-0.39, 0.29) is 11.9 Å². The molecule has 0 spiro atoms.